The van der Waals surface area contributed by atoms with Crippen LogP contribution in [0.3, 0.4) is 0 Å². The fourth-order valence-corrected chi connectivity index (χ4v) is 1.54. The highest BCUT2D eigenvalue weighted by atomic mass is 16.4. The maximum atomic E-state index is 11.6. The van der Waals surface area contributed by atoms with Gasteiger partial charge < -0.3 is 16.2 Å². The second-order valence-corrected chi connectivity index (χ2v) is 3.70. The van der Waals surface area contributed by atoms with Crippen molar-refractivity contribution in [2.45, 2.75) is 31.8 Å². The monoisotopic (exact) mass is 212 g/mol. The number of amides is 1. The molecule has 0 aromatic heterocycles. The molecule has 5 heteroatoms. The van der Waals surface area contributed by atoms with E-state index in [9.17, 15) is 9.59 Å². The average Bonchev–Trinajstić information content (AvgIpc) is 2.60. The van der Waals surface area contributed by atoms with Crippen molar-refractivity contribution >= 4 is 11.9 Å². The van der Waals surface area contributed by atoms with Crippen LogP contribution in [0.1, 0.15) is 19.8 Å². The highest BCUT2D eigenvalue weighted by Gasteiger charge is 2.26. The highest BCUT2D eigenvalue weighted by Crippen LogP contribution is 2.16. The van der Waals surface area contributed by atoms with E-state index < -0.39 is 12.0 Å². The summed E-state index contributed by atoms with van der Waals surface area (Å²) in [5.41, 5.74) is 5.60. The maximum absolute atomic E-state index is 11.6. The Hall–Kier alpha value is -1.36. The van der Waals surface area contributed by atoms with Crippen LogP contribution in [-0.2, 0) is 9.59 Å². The third kappa shape index (κ3) is 3.06. The summed E-state index contributed by atoms with van der Waals surface area (Å²) in [6.07, 6.45) is 4.44. The second kappa shape index (κ2) is 4.93. The zero-order valence-electron chi connectivity index (χ0n) is 8.64. The molecule has 0 aromatic carbocycles. The number of nitrogens with two attached hydrogens (primary N) is 1. The smallest absolute Gasteiger partial charge is 0.326 e. The molecular formula is C10H16N2O3. The van der Waals surface area contributed by atoms with Crippen molar-refractivity contribution in [2.75, 3.05) is 0 Å². The molecule has 84 valence electrons. The summed E-state index contributed by atoms with van der Waals surface area (Å²) in [4.78, 5) is 22.3. The minimum atomic E-state index is -1.00. The fraction of sp³-hybridized carbons (Fsp3) is 0.600. The zero-order chi connectivity index (χ0) is 11.4. The minimum absolute atomic E-state index is 0.0920. The highest BCUT2D eigenvalue weighted by molar-refractivity contribution is 5.86. The quantitative estimate of drug-likeness (QED) is 0.566. The molecule has 5 nitrogen and oxygen atoms in total. The Balaban J connectivity index is 2.48. The number of carbonyl (C=O) groups is 2. The Bertz CT molecular complexity index is 288. The molecule has 0 bridgehead atoms. The van der Waals surface area contributed by atoms with E-state index in [0.29, 0.717) is 12.8 Å². The van der Waals surface area contributed by atoms with Crippen LogP contribution in [0.5, 0.6) is 0 Å². The first-order valence-corrected chi connectivity index (χ1v) is 5.01. The van der Waals surface area contributed by atoms with E-state index in [1.54, 1.807) is 19.1 Å². The first kappa shape index (κ1) is 11.7. The van der Waals surface area contributed by atoms with Gasteiger partial charge in [-0.05, 0) is 12.8 Å². The van der Waals surface area contributed by atoms with Crippen molar-refractivity contribution in [3.8, 4) is 0 Å². The van der Waals surface area contributed by atoms with Gasteiger partial charge in [-0.25, -0.2) is 4.79 Å². The van der Waals surface area contributed by atoms with Crippen LogP contribution >= 0.6 is 0 Å². The molecule has 15 heavy (non-hydrogen) atoms. The van der Waals surface area contributed by atoms with Crippen molar-refractivity contribution in [2.24, 2.45) is 11.7 Å². The first-order chi connectivity index (χ1) is 7.04. The molecule has 0 aromatic rings. The molecule has 0 fully saturated rings. The number of aliphatic carboxylic acids is 1. The lowest BCUT2D eigenvalue weighted by Crippen LogP contribution is -2.43. The van der Waals surface area contributed by atoms with Crippen LogP contribution in [-0.4, -0.2) is 29.1 Å². The number of rotatable bonds is 4. The Labute approximate surface area is 88.3 Å². The molecule has 0 saturated heterocycles. The van der Waals surface area contributed by atoms with E-state index in [2.05, 4.69) is 5.32 Å². The molecule has 0 saturated carbocycles. The third-order valence-electron chi connectivity index (χ3n) is 2.48. The summed E-state index contributed by atoms with van der Waals surface area (Å²) < 4.78 is 0. The van der Waals surface area contributed by atoms with Gasteiger partial charge in [0.15, 0.2) is 0 Å². The van der Waals surface area contributed by atoms with Gasteiger partial charge in [0, 0.05) is 6.04 Å². The molecule has 1 aliphatic rings. The zero-order valence-corrected chi connectivity index (χ0v) is 8.64. The number of hydrogen-bond acceptors (Lipinski definition) is 3. The first-order valence-electron chi connectivity index (χ1n) is 5.01. The molecule has 0 heterocycles. The van der Waals surface area contributed by atoms with Crippen molar-refractivity contribution < 1.29 is 14.7 Å². The van der Waals surface area contributed by atoms with Crippen LogP contribution in [0.4, 0.5) is 0 Å². The van der Waals surface area contributed by atoms with E-state index in [0.717, 1.165) is 0 Å². The van der Waals surface area contributed by atoms with Gasteiger partial charge in [-0.2, -0.15) is 0 Å². The SMILES string of the molecule is CC[C@H](NC(=O)C1C=CC(N)C1)C(=O)O. The van der Waals surface area contributed by atoms with E-state index in [1.165, 1.54) is 0 Å². The topological polar surface area (TPSA) is 92.4 Å². The van der Waals surface area contributed by atoms with Gasteiger partial charge >= 0.3 is 5.97 Å². The van der Waals surface area contributed by atoms with Crippen LogP contribution in [0.25, 0.3) is 0 Å². The molecule has 1 amide bonds. The molecule has 1 aliphatic carbocycles. The van der Waals surface area contributed by atoms with E-state index in [4.69, 9.17) is 10.8 Å². The molecule has 4 N–H and O–H groups in total. The van der Waals surface area contributed by atoms with E-state index in [1.807, 2.05) is 0 Å². The fourth-order valence-electron chi connectivity index (χ4n) is 1.54. The number of hydrogen-bond donors (Lipinski definition) is 3. The number of carboxylic acids is 1. The predicted molar refractivity (Wildman–Crippen MR) is 55.1 cm³/mol. The minimum Gasteiger partial charge on any atom is -0.480 e. The Morgan fingerprint density at radius 1 is 1.60 bits per heavy atom. The maximum Gasteiger partial charge on any atom is 0.326 e. The summed E-state index contributed by atoms with van der Waals surface area (Å²) in [6, 6.07) is -0.895. The van der Waals surface area contributed by atoms with Crippen LogP contribution in [0, 0.1) is 5.92 Å². The molecule has 0 aliphatic heterocycles. The van der Waals surface area contributed by atoms with Crippen LogP contribution in [0.15, 0.2) is 12.2 Å². The summed E-state index contributed by atoms with van der Waals surface area (Å²) in [6.45, 7) is 1.72. The lowest BCUT2D eigenvalue weighted by Gasteiger charge is -2.15. The van der Waals surface area contributed by atoms with Crippen molar-refractivity contribution in [3.05, 3.63) is 12.2 Å². The summed E-state index contributed by atoms with van der Waals surface area (Å²) in [7, 11) is 0. The van der Waals surface area contributed by atoms with Gasteiger partial charge in [0.05, 0.1) is 5.92 Å². The normalized spacial score (nSPS) is 26.3. The lowest BCUT2D eigenvalue weighted by atomic mass is 10.1. The molecule has 1 rings (SSSR count). The number of nitrogens with one attached hydrogen (secondary N) is 1. The average molecular weight is 212 g/mol. The van der Waals surface area contributed by atoms with Crippen molar-refractivity contribution in [1.29, 1.82) is 0 Å². The molecule has 3 atom stereocenters. The largest absolute Gasteiger partial charge is 0.480 e. The summed E-state index contributed by atoms with van der Waals surface area (Å²) in [5.74, 6) is -1.54. The number of carbonyl (C=O) groups excluding carboxylic acids is 1. The number of carboxylic acid groups (broad SMARTS) is 1. The van der Waals surface area contributed by atoms with Gasteiger partial charge in [-0.1, -0.05) is 19.1 Å². The predicted octanol–water partition coefficient (Wildman–Crippen LogP) is -0.131. The summed E-state index contributed by atoms with van der Waals surface area (Å²) >= 11 is 0. The van der Waals surface area contributed by atoms with Gasteiger partial charge in [0.25, 0.3) is 0 Å². The third-order valence-corrected chi connectivity index (χ3v) is 2.48. The Kier molecular flexibility index (Phi) is 3.85. The van der Waals surface area contributed by atoms with Crippen molar-refractivity contribution in [1.82, 2.24) is 5.32 Å². The summed E-state index contributed by atoms with van der Waals surface area (Å²) in [5, 5.41) is 11.2. The van der Waals surface area contributed by atoms with Crippen LogP contribution in [0.2, 0.25) is 0 Å². The molecular weight excluding hydrogens is 196 g/mol. The van der Waals surface area contributed by atoms with E-state index >= 15 is 0 Å². The van der Waals surface area contributed by atoms with E-state index in [-0.39, 0.29) is 17.9 Å². The van der Waals surface area contributed by atoms with Crippen LogP contribution < -0.4 is 11.1 Å². The molecule has 0 spiro atoms. The van der Waals surface area contributed by atoms with Gasteiger partial charge in [0.1, 0.15) is 6.04 Å². The van der Waals surface area contributed by atoms with Gasteiger partial charge in [0.2, 0.25) is 5.91 Å². The molecule has 2 unspecified atom stereocenters. The Morgan fingerprint density at radius 3 is 2.67 bits per heavy atom. The van der Waals surface area contributed by atoms with Gasteiger partial charge in [-0.15, -0.1) is 0 Å². The standard InChI is InChI=1S/C10H16N2O3/c1-2-8(10(14)15)12-9(13)6-3-4-7(11)5-6/h3-4,6-8H,2,5,11H2,1H3,(H,12,13)(H,14,15)/t6?,7?,8-/m0/s1. The lowest BCUT2D eigenvalue weighted by molar-refractivity contribution is -0.142. The van der Waals surface area contributed by atoms with Crippen molar-refractivity contribution in [3.63, 3.8) is 0 Å². The second-order valence-electron chi connectivity index (χ2n) is 3.70. The Morgan fingerprint density at radius 2 is 2.27 bits per heavy atom. The van der Waals surface area contributed by atoms with Gasteiger partial charge in [-0.3, -0.25) is 4.79 Å². The molecule has 0 radical (unpaired) electrons.